The molecule has 2 saturated carbocycles. The van der Waals surface area contributed by atoms with Gasteiger partial charge in [-0.1, -0.05) is 57.6 Å². The van der Waals surface area contributed by atoms with Gasteiger partial charge in [0.05, 0.1) is 12.2 Å². The third-order valence-electron chi connectivity index (χ3n) is 10.2. The predicted molar refractivity (Wildman–Crippen MR) is 138 cm³/mol. The fourth-order valence-corrected chi connectivity index (χ4v) is 8.28. The molecule has 8 heteroatoms. The lowest BCUT2D eigenvalue weighted by Crippen LogP contribution is -2.72. The Labute approximate surface area is 224 Å². The summed E-state index contributed by atoms with van der Waals surface area (Å²) < 4.78 is 26.3. The SMILES string of the molecule is C=C(C)[C@]12C[C@@H](C)[C@@]34OC(/C=C\C=C\CCCCC)(O[C@H]1[C@@H]3[C@@H]1O[C@]1(CO)[C@@H](O)[C@]1(O)C(=O)C(C)=C[C@H]14)O2. The third-order valence-corrected chi connectivity index (χ3v) is 10.2. The Kier molecular flexibility index (Phi) is 5.89. The van der Waals surface area contributed by atoms with Crippen molar-refractivity contribution in [3.05, 3.63) is 48.1 Å². The molecule has 3 aliphatic carbocycles. The van der Waals surface area contributed by atoms with Crippen LogP contribution in [0.2, 0.25) is 0 Å². The molecule has 3 bridgehead atoms. The summed E-state index contributed by atoms with van der Waals surface area (Å²) in [5.41, 5.74) is -4.66. The molecule has 0 aromatic rings. The highest BCUT2D eigenvalue weighted by Crippen LogP contribution is 2.72. The number of ketones is 1. The van der Waals surface area contributed by atoms with Gasteiger partial charge in [-0.3, -0.25) is 4.79 Å². The smallest absolute Gasteiger partial charge is 0.306 e. The van der Waals surface area contributed by atoms with Crippen LogP contribution in [0.5, 0.6) is 0 Å². The second kappa shape index (κ2) is 8.43. The minimum atomic E-state index is -2.21. The number of carbonyl (C=O) groups excluding carboxylic acids is 1. The van der Waals surface area contributed by atoms with Gasteiger partial charge >= 0.3 is 5.97 Å². The van der Waals surface area contributed by atoms with Gasteiger partial charge in [-0.05, 0) is 50.2 Å². The highest BCUT2D eigenvalue weighted by atomic mass is 16.9. The first-order valence-corrected chi connectivity index (χ1v) is 14.0. The molecule has 0 spiro atoms. The predicted octanol–water partition coefficient (Wildman–Crippen LogP) is 2.87. The lowest BCUT2D eigenvalue weighted by molar-refractivity contribution is -0.406. The van der Waals surface area contributed by atoms with Gasteiger partial charge in [-0.25, -0.2) is 0 Å². The Morgan fingerprint density at radius 2 is 1.97 bits per heavy atom. The molecule has 5 fully saturated rings. The summed E-state index contributed by atoms with van der Waals surface area (Å²) in [6.07, 6.45) is 11.4. The van der Waals surface area contributed by atoms with Crippen molar-refractivity contribution in [2.45, 2.75) is 106 Å². The van der Waals surface area contributed by atoms with Gasteiger partial charge in [-0.2, -0.15) is 0 Å². The van der Waals surface area contributed by atoms with E-state index in [1.807, 2.05) is 26.0 Å². The average Bonchev–Trinajstić information content (AvgIpc) is 3.52. The van der Waals surface area contributed by atoms with Crippen molar-refractivity contribution in [1.82, 2.24) is 0 Å². The summed E-state index contributed by atoms with van der Waals surface area (Å²) in [5, 5.41) is 34.1. The van der Waals surface area contributed by atoms with Crippen LogP contribution in [0.15, 0.2) is 48.1 Å². The minimum Gasteiger partial charge on any atom is -0.393 e. The van der Waals surface area contributed by atoms with E-state index in [4.69, 9.17) is 18.9 Å². The zero-order valence-electron chi connectivity index (χ0n) is 22.7. The standard InChI is InChI=1S/C30H40O8/c1-6-7-8-9-10-11-12-13-28-36-23-21-24-27(16-31,35-24)25(33)29(34)20(14-18(4)22(29)32)30(21,38-28)19(5)15-26(23,37-28)17(2)3/h10-14,19-21,23-25,31,33-34H,2,6-9,15-16H2,1,3-5H3/b11-10+,13-12-/t19-,20-,21-,23+,24+,25-,26-,27+,28?,29-,30+/m1/s1. The molecule has 3 aliphatic heterocycles. The fraction of sp³-hybridized carbons (Fsp3) is 0.700. The zero-order chi connectivity index (χ0) is 27.3. The number of unbranched alkanes of at least 4 members (excludes halogenated alkanes) is 3. The van der Waals surface area contributed by atoms with Gasteiger partial charge < -0.3 is 34.3 Å². The summed E-state index contributed by atoms with van der Waals surface area (Å²) in [5.74, 6) is -3.79. The number of carbonyl (C=O) groups is 1. The second-order valence-corrected chi connectivity index (χ2v) is 12.3. The van der Waals surface area contributed by atoms with E-state index in [2.05, 4.69) is 19.6 Å². The average molecular weight is 529 g/mol. The first-order valence-electron chi connectivity index (χ1n) is 14.0. The van der Waals surface area contributed by atoms with Crippen LogP contribution in [-0.4, -0.2) is 74.4 Å². The molecular formula is C30H40O8. The van der Waals surface area contributed by atoms with Gasteiger partial charge in [0.1, 0.15) is 29.5 Å². The van der Waals surface area contributed by atoms with Crippen molar-refractivity contribution in [1.29, 1.82) is 0 Å². The van der Waals surface area contributed by atoms with Crippen molar-refractivity contribution < 1.29 is 39.1 Å². The summed E-state index contributed by atoms with van der Waals surface area (Å²) in [6, 6.07) is 0. The van der Waals surface area contributed by atoms with E-state index >= 15 is 0 Å². The van der Waals surface area contributed by atoms with Crippen LogP contribution in [0.1, 0.15) is 59.8 Å². The summed E-state index contributed by atoms with van der Waals surface area (Å²) >= 11 is 0. The molecule has 0 aromatic heterocycles. The quantitative estimate of drug-likeness (QED) is 0.191. The molecule has 8 nitrogen and oxygen atoms in total. The van der Waals surface area contributed by atoms with E-state index in [0.717, 1.165) is 24.8 Å². The highest BCUT2D eigenvalue weighted by Gasteiger charge is 2.88. The third kappa shape index (κ3) is 3.03. The number of hydrogen-bond acceptors (Lipinski definition) is 8. The number of rotatable bonds is 8. The maximum absolute atomic E-state index is 13.5. The number of aliphatic hydroxyl groups excluding tert-OH is 2. The molecule has 38 heavy (non-hydrogen) atoms. The van der Waals surface area contributed by atoms with Crippen LogP contribution >= 0.6 is 0 Å². The van der Waals surface area contributed by atoms with E-state index in [1.165, 1.54) is 6.42 Å². The molecule has 6 rings (SSSR count). The number of fused-ring (bicyclic) bond motifs is 3. The molecule has 0 radical (unpaired) electrons. The van der Waals surface area contributed by atoms with Crippen LogP contribution in [0.4, 0.5) is 0 Å². The van der Waals surface area contributed by atoms with Crippen molar-refractivity contribution in [3.8, 4) is 0 Å². The van der Waals surface area contributed by atoms with Crippen molar-refractivity contribution in [2.24, 2.45) is 17.8 Å². The molecule has 3 saturated heterocycles. The summed E-state index contributed by atoms with van der Waals surface area (Å²) in [7, 11) is 0. The van der Waals surface area contributed by atoms with E-state index in [-0.39, 0.29) is 5.92 Å². The van der Waals surface area contributed by atoms with Crippen LogP contribution in [-0.2, 0) is 23.7 Å². The number of allylic oxidation sites excluding steroid dienone is 3. The summed E-state index contributed by atoms with van der Waals surface area (Å²) in [4.78, 5) is 13.5. The van der Waals surface area contributed by atoms with Crippen LogP contribution in [0, 0.1) is 17.8 Å². The lowest BCUT2D eigenvalue weighted by atomic mass is 9.54. The zero-order valence-corrected chi connectivity index (χ0v) is 22.7. The summed E-state index contributed by atoms with van der Waals surface area (Å²) in [6.45, 7) is 11.5. The van der Waals surface area contributed by atoms with Crippen molar-refractivity contribution in [2.75, 3.05) is 6.61 Å². The first kappa shape index (κ1) is 26.6. The maximum Gasteiger partial charge on any atom is 0.306 e. The Morgan fingerprint density at radius 3 is 2.66 bits per heavy atom. The molecule has 3 N–H and O–H groups in total. The molecule has 208 valence electrons. The largest absolute Gasteiger partial charge is 0.393 e. The normalized spacial score (nSPS) is 52.2. The van der Waals surface area contributed by atoms with Crippen LogP contribution in [0.3, 0.4) is 0 Å². The van der Waals surface area contributed by atoms with Gasteiger partial charge in [-0.15, -0.1) is 0 Å². The monoisotopic (exact) mass is 528 g/mol. The Morgan fingerprint density at radius 1 is 1.21 bits per heavy atom. The lowest BCUT2D eigenvalue weighted by Gasteiger charge is -2.59. The van der Waals surface area contributed by atoms with Gasteiger partial charge in [0.15, 0.2) is 11.4 Å². The number of epoxide rings is 1. The van der Waals surface area contributed by atoms with Crippen LogP contribution < -0.4 is 0 Å². The second-order valence-electron chi connectivity index (χ2n) is 12.3. The fourth-order valence-electron chi connectivity index (χ4n) is 8.28. The molecule has 1 unspecified atom stereocenters. The molecule has 6 aliphatic rings. The topological polar surface area (TPSA) is 118 Å². The van der Waals surface area contributed by atoms with E-state index in [9.17, 15) is 20.1 Å². The Bertz CT molecular complexity index is 1140. The Balaban J connectivity index is 1.48. The number of aliphatic hydroxyl groups is 3. The van der Waals surface area contributed by atoms with Crippen LogP contribution in [0.25, 0.3) is 0 Å². The molecule has 3 heterocycles. The van der Waals surface area contributed by atoms with E-state index in [1.54, 1.807) is 19.1 Å². The van der Waals surface area contributed by atoms with E-state index < -0.39 is 70.9 Å². The van der Waals surface area contributed by atoms with Gasteiger partial charge in [0.2, 0.25) is 0 Å². The Hall–Kier alpha value is -1.65. The van der Waals surface area contributed by atoms with Crippen molar-refractivity contribution >= 4 is 5.78 Å². The van der Waals surface area contributed by atoms with Gasteiger partial charge in [0, 0.05) is 17.9 Å². The minimum absolute atomic E-state index is 0.235. The van der Waals surface area contributed by atoms with E-state index in [0.29, 0.717) is 12.0 Å². The van der Waals surface area contributed by atoms with Gasteiger partial charge in [0.25, 0.3) is 0 Å². The first-order chi connectivity index (χ1) is 18.0. The molecule has 0 amide bonds. The molecule has 0 aromatic carbocycles. The van der Waals surface area contributed by atoms with Crippen molar-refractivity contribution in [3.63, 3.8) is 0 Å². The highest BCUT2D eigenvalue weighted by molar-refractivity contribution is 6.05. The number of hydrogen-bond donors (Lipinski definition) is 3. The number of ether oxygens (including phenoxy) is 4. The molecule has 11 atom stereocenters. The molecular weight excluding hydrogens is 488 g/mol. The maximum atomic E-state index is 13.5. The number of Topliss-reactive ketones (excluding diaryl/α,β-unsaturated/α-hetero) is 1.